The lowest BCUT2D eigenvalue weighted by atomic mass is 9.65. The number of hydrogen-bond acceptors (Lipinski definition) is 11. The molecular formula is C52H52N6O7. The average Bonchev–Trinajstić information content (AvgIpc) is 3.71. The molecule has 3 N–H and O–H groups in total. The van der Waals surface area contributed by atoms with Gasteiger partial charge in [0, 0.05) is 49.8 Å². The Labute approximate surface area is 378 Å². The van der Waals surface area contributed by atoms with Crippen LogP contribution in [0.25, 0.3) is 0 Å². The molecule has 1 aromatic heterocycles. The van der Waals surface area contributed by atoms with E-state index in [-0.39, 0.29) is 19.1 Å². The van der Waals surface area contributed by atoms with Gasteiger partial charge >= 0.3 is 5.97 Å². The number of aliphatic hydroxyl groups excluding tert-OH is 1. The molecule has 13 heteroatoms. The van der Waals surface area contributed by atoms with Crippen molar-refractivity contribution in [1.29, 1.82) is 0 Å². The third kappa shape index (κ3) is 7.69. The molecule has 3 saturated heterocycles. The van der Waals surface area contributed by atoms with E-state index in [2.05, 4.69) is 32.0 Å². The summed E-state index contributed by atoms with van der Waals surface area (Å²) in [5, 5.41) is 24.6. The van der Waals surface area contributed by atoms with Crippen LogP contribution in [0.1, 0.15) is 84.5 Å². The van der Waals surface area contributed by atoms with E-state index in [1.807, 2.05) is 102 Å². The second kappa shape index (κ2) is 17.8. The van der Waals surface area contributed by atoms with Gasteiger partial charge in [0.15, 0.2) is 0 Å². The number of anilines is 2. The topological polar surface area (TPSA) is 158 Å². The third-order valence-electron chi connectivity index (χ3n) is 13.9. The van der Waals surface area contributed by atoms with Gasteiger partial charge in [-0.3, -0.25) is 19.3 Å². The predicted octanol–water partition coefficient (Wildman–Crippen LogP) is 5.90. The first-order chi connectivity index (χ1) is 31.8. The Bertz CT molecular complexity index is 2610. The van der Waals surface area contributed by atoms with Crippen molar-refractivity contribution < 1.29 is 34.1 Å². The molecule has 1 saturated carbocycles. The number of piperazine rings is 1. The van der Waals surface area contributed by atoms with Gasteiger partial charge in [-0.25, -0.2) is 9.97 Å². The second-order valence-corrected chi connectivity index (χ2v) is 17.7. The lowest BCUT2D eigenvalue weighted by Gasteiger charge is -2.46. The number of amides is 2. The minimum atomic E-state index is -1.72. The highest BCUT2D eigenvalue weighted by molar-refractivity contribution is 6.12. The van der Waals surface area contributed by atoms with E-state index in [1.165, 1.54) is 0 Å². The van der Waals surface area contributed by atoms with Gasteiger partial charge in [0.2, 0.25) is 17.8 Å². The molecule has 5 aliphatic rings. The van der Waals surface area contributed by atoms with Crippen molar-refractivity contribution in [3.05, 3.63) is 149 Å². The van der Waals surface area contributed by atoms with Gasteiger partial charge in [-0.05, 0) is 84.3 Å². The largest absolute Gasteiger partial charge is 0.491 e. The number of aromatic nitrogens is 2. The predicted molar refractivity (Wildman–Crippen MR) is 242 cm³/mol. The molecule has 13 nitrogen and oxygen atoms in total. The number of aliphatic hydroxyl groups is 2. The maximum Gasteiger partial charge on any atom is 0.324 e. The summed E-state index contributed by atoms with van der Waals surface area (Å²) in [6.07, 6.45) is 7.58. The van der Waals surface area contributed by atoms with Crippen molar-refractivity contribution in [3.63, 3.8) is 0 Å². The normalized spacial score (nSPS) is 26.0. The lowest BCUT2D eigenvalue weighted by molar-refractivity contribution is -0.179. The zero-order chi connectivity index (χ0) is 44.5. The molecule has 1 aliphatic carbocycles. The van der Waals surface area contributed by atoms with Crippen molar-refractivity contribution >= 4 is 29.4 Å². The molecule has 5 heterocycles. The molecule has 6 atom stereocenters. The molecule has 4 fully saturated rings. The molecule has 0 bridgehead atoms. The fourth-order valence-electron chi connectivity index (χ4n) is 11.0. The van der Waals surface area contributed by atoms with E-state index in [9.17, 15) is 10.2 Å². The number of nitrogens with one attached hydrogen (secondary N) is 1. The van der Waals surface area contributed by atoms with Crippen LogP contribution in [-0.4, -0.2) is 98.8 Å². The summed E-state index contributed by atoms with van der Waals surface area (Å²) in [4.78, 5) is 61.8. The van der Waals surface area contributed by atoms with Crippen LogP contribution < -0.4 is 15.0 Å². The Morgan fingerprint density at radius 1 is 0.800 bits per heavy atom. The quantitative estimate of drug-likeness (QED) is 0.0969. The number of fused-ring (bicyclic) bond motifs is 3. The van der Waals surface area contributed by atoms with E-state index < -0.39 is 53.0 Å². The highest BCUT2D eigenvalue weighted by Gasteiger charge is 2.74. The molecule has 5 aromatic rings. The van der Waals surface area contributed by atoms with Crippen LogP contribution in [0.2, 0.25) is 0 Å². The first-order valence-corrected chi connectivity index (χ1v) is 22.7. The number of esters is 1. The van der Waals surface area contributed by atoms with Gasteiger partial charge in [0.25, 0.3) is 0 Å². The minimum Gasteiger partial charge on any atom is -0.491 e. The Kier molecular flexibility index (Phi) is 11.6. The van der Waals surface area contributed by atoms with Crippen molar-refractivity contribution in [1.82, 2.24) is 19.8 Å². The number of ether oxygens (including phenoxy) is 2. The number of carbonyl (C=O) groups excluding carboxylic acids is 3. The van der Waals surface area contributed by atoms with Crippen molar-refractivity contribution in [2.24, 2.45) is 5.92 Å². The zero-order valence-corrected chi connectivity index (χ0v) is 36.1. The number of carbonyl (C=O) groups is 3. The monoisotopic (exact) mass is 872 g/mol. The third-order valence-corrected chi connectivity index (χ3v) is 13.9. The molecule has 4 aromatic carbocycles. The minimum absolute atomic E-state index is 0.0411. The van der Waals surface area contributed by atoms with Crippen LogP contribution in [0, 0.1) is 17.8 Å². The summed E-state index contributed by atoms with van der Waals surface area (Å²) in [6, 6.07) is 31.2. The Morgan fingerprint density at radius 3 is 2.20 bits per heavy atom. The Balaban J connectivity index is 1.19. The Morgan fingerprint density at radius 2 is 1.49 bits per heavy atom. The molecule has 0 unspecified atom stereocenters. The van der Waals surface area contributed by atoms with Crippen LogP contribution in [0.15, 0.2) is 122 Å². The summed E-state index contributed by atoms with van der Waals surface area (Å²) in [5.41, 5.74) is 1.01. The first kappa shape index (κ1) is 42.4. The average molecular weight is 873 g/mol. The highest BCUT2D eigenvalue weighted by Crippen LogP contribution is 2.65. The fraction of sp³-hybridized carbons (Fsp3) is 0.365. The van der Waals surface area contributed by atoms with Gasteiger partial charge in [-0.2, -0.15) is 0 Å². The van der Waals surface area contributed by atoms with Gasteiger partial charge in [-0.15, -0.1) is 0 Å². The Hall–Kier alpha value is -6.59. The first-order valence-electron chi connectivity index (χ1n) is 22.7. The van der Waals surface area contributed by atoms with Gasteiger partial charge in [-0.1, -0.05) is 97.5 Å². The summed E-state index contributed by atoms with van der Waals surface area (Å²) >= 11 is 0. The number of morpholine rings is 1. The van der Waals surface area contributed by atoms with Crippen LogP contribution in [0.5, 0.6) is 5.75 Å². The van der Waals surface area contributed by atoms with Gasteiger partial charge in [0.05, 0.1) is 24.6 Å². The number of hydrogen-bond donors (Lipinski definition) is 3. The van der Waals surface area contributed by atoms with E-state index in [4.69, 9.17) is 9.47 Å². The smallest absolute Gasteiger partial charge is 0.324 e. The lowest BCUT2D eigenvalue weighted by Crippen LogP contribution is -2.58. The number of cyclic esters (lactones) is 1. The van der Waals surface area contributed by atoms with Crippen molar-refractivity contribution in [3.8, 4) is 17.6 Å². The summed E-state index contributed by atoms with van der Waals surface area (Å²) in [6.45, 7) is 1.31. The molecule has 65 heavy (non-hydrogen) atoms. The second-order valence-electron chi connectivity index (χ2n) is 17.7. The summed E-state index contributed by atoms with van der Waals surface area (Å²) in [7, 11) is 0. The van der Waals surface area contributed by atoms with Crippen molar-refractivity contribution in [2.75, 3.05) is 49.6 Å². The van der Waals surface area contributed by atoms with E-state index >= 15 is 14.4 Å². The summed E-state index contributed by atoms with van der Waals surface area (Å²) in [5.74, 6) is 4.85. The molecule has 1 spiro atoms. The molecule has 332 valence electrons. The summed E-state index contributed by atoms with van der Waals surface area (Å²) < 4.78 is 12.6. The van der Waals surface area contributed by atoms with Crippen LogP contribution >= 0.6 is 0 Å². The fourth-order valence-corrected chi connectivity index (χ4v) is 11.0. The molecule has 4 aliphatic heterocycles. The van der Waals surface area contributed by atoms with Crippen LogP contribution in [0.3, 0.4) is 0 Å². The molecule has 10 rings (SSSR count). The van der Waals surface area contributed by atoms with E-state index in [1.54, 1.807) is 29.4 Å². The SMILES string of the molecule is O=C1O[C@H](c2ccccc2)[C@H](c2ccccc2)N2[C@H]1[C@@H](C(=O)N1CCN(c3ncccn3)CC1)[C@]1(C(=O)Nc3ccc(C#CC4(O)CCCCCC4)cc31)[C@H]2c1cccc(OCCO)c1. The maximum absolute atomic E-state index is 16.0. The molecule has 2 amide bonds. The van der Waals surface area contributed by atoms with Crippen LogP contribution in [-0.2, 0) is 24.5 Å². The van der Waals surface area contributed by atoms with Gasteiger partial charge in [0.1, 0.15) is 35.5 Å². The maximum atomic E-state index is 16.0. The number of rotatable bonds is 8. The molecular weight excluding hydrogens is 821 g/mol. The van der Waals surface area contributed by atoms with Crippen molar-refractivity contribution in [2.45, 2.75) is 73.8 Å². The standard InChI is InChI=1S/C52H52N6O7/c59-31-32-64-39-18-11-17-38(34-39)46-52(40-33-35(19-20-41(40)55-49(52)62)21-24-51(63)22-9-1-2-10-23-51)42(47(60)56-27-29-57(30-28-56)50-53-25-12-26-54-50)44-48(61)65-45(37-15-7-4-8-16-37)43(58(44)46)36-13-5-3-6-14-36/h3-8,11-20,25-26,33-34,42-46,59,63H,1-2,9-10,22-23,27-32H2,(H,55,62)/t42-,43-,44-,45+,46+,52-/m0/s1. The van der Waals surface area contributed by atoms with E-state index in [0.29, 0.717) is 73.1 Å². The number of benzene rings is 4. The highest BCUT2D eigenvalue weighted by atomic mass is 16.6. The van der Waals surface area contributed by atoms with Gasteiger partial charge < -0.3 is 34.8 Å². The molecule has 0 radical (unpaired) electrons. The van der Waals surface area contributed by atoms with Crippen LogP contribution in [0.4, 0.5) is 11.6 Å². The number of nitrogens with zero attached hydrogens (tertiary/aromatic N) is 5. The zero-order valence-electron chi connectivity index (χ0n) is 36.1. The van der Waals surface area contributed by atoms with E-state index in [0.717, 1.165) is 36.8 Å².